The van der Waals surface area contributed by atoms with Gasteiger partial charge in [0.2, 0.25) is 5.82 Å². The molecular formula is C12H20F3N5. The third kappa shape index (κ3) is 3.69. The van der Waals surface area contributed by atoms with Crippen molar-refractivity contribution in [3.8, 4) is 0 Å². The number of fused-ring (bicyclic) bond motifs is 1. The summed E-state index contributed by atoms with van der Waals surface area (Å²) < 4.78 is 39.2. The zero-order valence-corrected chi connectivity index (χ0v) is 11.6. The molecule has 0 radical (unpaired) electrons. The van der Waals surface area contributed by atoms with Crippen molar-refractivity contribution in [2.24, 2.45) is 0 Å². The molecule has 8 heteroatoms. The summed E-state index contributed by atoms with van der Waals surface area (Å²) in [6, 6.07) is 0. The van der Waals surface area contributed by atoms with Crippen molar-refractivity contribution in [1.82, 2.24) is 25.0 Å². The minimum atomic E-state index is -4.42. The maximum atomic E-state index is 12.7. The molecule has 114 valence electrons. The lowest BCUT2D eigenvalue weighted by molar-refractivity contribution is -0.148. The van der Waals surface area contributed by atoms with Gasteiger partial charge in [-0.25, -0.2) is 0 Å². The molecule has 1 aliphatic rings. The topological polar surface area (TPSA) is 46.0 Å². The van der Waals surface area contributed by atoms with E-state index in [0.29, 0.717) is 25.5 Å². The second kappa shape index (κ2) is 6.53. The van der Waals surface area contributed by atoms with E-state index in [2.05, 4.69) is 27.3 Å². The lowest BCUT2D eigenvalue weighted by atomic mass is 10.3. The van der Waals surface area contributed by atoms with Crippen molar-refractivity contribution in [1.29, 1.82) is 0 Å². The number of nitrogens with one attached hydrogen (secondary N) is 1. The molecular weight excluding hydrogens is 271 g/mol. The molecule has 5 nitrogen and oxygen atoms in total. The van der Waals surface area contributed by atoms with E-state index < -0.39 is 12.0 Å². The molecule has 0 fully saturated rings. The first kappa shape index (κ1) is 15.2. The Labute approximate surface area is 116 Å². The molecule has 0 spiro atoms. The van der Waals surface area contributed by atoms with Crippen molar-refractivity contribution in [2.45, 2.75) is 39.0 Å². The summed E-state index contributed by atoms with van der Waals surface area (Å²) in [6.45, 7) is 6.11. The third-order valence-electron chi connectivity index (χ3n) is 3.40. The molecule has 1 N–H and O–H groups in total. The van der Waals surface area contributed by atoms with Crippen molar-refractivity contribution in [3.05, 3.63) is 11.6 Å². The molecule has 1 aromatic rings. The predicted octanol–water partition coefficient (Wildman–Crippen LogP) is 1.50. The van der Waals surface area contributed by atoms with Crippen LogP contribution in [0.15, 0.2) is 0 Å². The zero-order chi connectivity index (χ0) is 14.6. The molecule has 0 unspecified atom stereocenters. The van der Waals surface area contributed by atoms with Gasteiger partial charge in [0.15, 0.2) is 0 Å². The van der Waals surface area contributed by atoms with Crippen LogP contribution in [0.3, 0.4) is 0 Å². The van der Waals surface area contributed by atoms with Crippen LogP contribution in [0.2, 0.25) is 0 Å². The second-order valence-electron chi connectivity index (χ2n) is 4.97. The van der Waals surface area contributed by atoms with Gasteiger partial charge >= 0.3 is 6.18 Å². The van der Waals surface area contributed by atoms with Gasteiger partial charge in [-0.15, -0.1) is 10.2 Å². The van der Waals surface area contributed by atoms with Gasteiger partial charge in [0.05, 0.1) is 6.54 Å². The summed E-state index contributed by atoms with van der Waals surface area (Å²) >= 11 is 0. The maximum Gasteiger partial charge on any atom is 0.451 e. The zero-order valence-electron chi connectivity index (χ0n) is 11.6. The van der Waals surface area contributed by atoms with Gasteiger partial charge in [0, 0.05) is 26.2 Å². The Morgan fingerprint density at radius 1 is 1.20 bits per heavy atom. The van der Waals surface area contributed by atoms with E-state index in [1.165, 1.54) is 4.57 Å². The summed E-state index contributed by atoms with van der Waals surface area (Å²) in [5.74, 6) is -0.481. The predicted molar refractivity (Wildman–Crippen MR) is 68.1 cm³/mol. The van der Waals surface area contributed by atoms with Gasteiger partial charge in [0.1, 0.15) is 5.82 Å². The van der Waals surface area contributed by atoms with Gasteiger partial charge < -0.3 is 9.88 Å². The number of halogens is 3. The van der Waals surface area contributed by atoms with Crippen LogP contribution in [0.25, 0.3) is 0 Å². The Morgan fingerprint density at radius 3 is 2.70 bits per heavy atom. The van der Waals surface area contributed by atoms with E-state index in [9.17, 15) is 13.2 Å². The number of nitrogens with zero attached hydrogens (tertiary/aromatic N) is 4. The van der Waals surface area contributed by atoms with Crippen LogP contribution >= 0.6 is 0 Å². The minimum Gasteiger partial charge on any atom is -0.315 e. The molecule has 0 aliphatic carbocycles. The maximum absolute atomic E-state index is 12.7. The molecule has 1 aliphatic heterocycles. The second-order valence-corrected chi connectivity index (χ2v) is 4.97. The number of alkyl halides is 3. The van der Waals surface area contributed by atoms with Crippen LogP contribution in [0, 0.1) is 0 Å². The van der Waals surface area contributed by atoms with E-state index in [1.807, 2.05) is 0 Å². The molecule has 1 aromatic heterocycles. The molecule has 0 bridgehead atoms. The molecule has 20 heavy (non-hydrogen) atoms. The Bertz CT molecular complexity index is 429. The van der Waals surface area contributed by atoms with E-state index in [4.69, 9.17) is 0 Å². The van der Waals surface area contributed by atoms with Crippen LogP contribution in [0.4, 0.5) is 13.2 Å². The summed E-state index contributed by atoms with van der Waals surface area (Å²) in [4.78, 5) is 2.10. The van der Waals surface area contributed by atoms with E-state index in [0.717, 1.165) is 32.5 Å². The molecule has 2 rings (SSSR count). The lowest BCUT2D eigenvalue weighted by Gasteiger charge is -2.27. The molecule has 0 saturated heterocycles. The van der Waals surface area contributed by atoms with Crippen LogP contribution in [0.1, 0.15) is 31.4 Å². The largest absolute Gasteiger partial charge is 0.451 e. The van der Waals surface area contributed by atoms with E-state index in [-0.39, 0.29) is 0 Å². The highest BCUT2D eigenvalue weighted by Gasteiger charge is 2.39. The highest BCUT2D eigenvalue weighted by molar-refractivity contribution is 5.02. The van der Waals surface area contributed by atoms with Crippen LogP contribution in [-0.4, -0.2) is 45.8 Å². The first-order chi connectivity index (χ1) is 9.52. The SMILES string of the molecule is CCCCNCCN1CCn2c(nnc2C(F)(F)F)C1. The summed E-state index contributed by atoms with van der Waals surface area (Å²) in [5, 5.41) is 10.3. The fourth-order valence-electron chi connectivity index (χ4n) is 2.27. The fourth-order valence-corrected chi connectivity index (χ4v) is 2.27. The van der Waals surface area contributed by atoms with Crippen LogP contribution in [-0.2, 0) is 19.3 Å². The number of aromatic nitrogens is 3. The van der Waals surface area contributed by atoms with Crippen molar-refractivity contribution in [3.63, 3.8) is 0 Å². The Balaban J connectivity index is 1.84. The number of hydrogen-bond donors (Lipinski definition) is 1. The number of rotatable bonds is 6. The quantitative estimate of drug-likeness (QED) is 0.807. The van der Waals surface area contributed by atoms with Crippen molar-refractivity contribution >= 4 is 0 Å². The molecule has 0 aromatic carbocycles. The molecule has 0 saturated carbocycles. The van der Waals surface area contributed by atoms with Crippen molar-refractivity contribution < 1.29 is 13.2 Å². The standard InChI is InChI=1S/C12H20F3N5/c1-2-3-4-16-5-6-19-7-8-20-10(9-19)17-18-11(20)12(13,14)15/h16H,2-9H2,1H3. The number of unbranched alkanes of at least 4 members (excludes halogenated alkanes) is 1. The third-order valence-corrected chi connectivity index (χ3v) is 3.40. The first-order valence-electron chi connectivity index (χ1n) is 6.94. The summed E-state index contributed by atoms with van der Waals surface area (Å²) in [7, 11) is 0. The lowest BCUT2D eigenvalue weighted by Crippen LogP contribution is -2.39. The monoisotopic (exact) mass is 291 g/mol. The van der Waals surface area contributed by atoms with Crippen molar-refractivity contribution in [2.75, 3.05) is 26.2 Å². The Hall–Kier alpha value is -1.15. The van der Waals surface area contributed by atoms with Crippen LogP contribution < -0.4 is 5.32 Å². The highest BCUT2D eigenvalue weighted by Crippen LogP contribution is 2.29. The van der Waals surface area contributed by atoms with Gasteiger partial charge in [-0.1, -0.05) is 13.3 Å². The average Bonchev–Trinajstić information content (AvgIpc) is 2.81. The van der Waals surface area contributed by atoms with Gasteiger partial charge in [-0.05, 0) is 13.0 Å². The average molecular weight is 291 g/mol. The summed E-state index contributed by atoms with van der Waals surface area (Å²) in [5.41, 5.74) is 0. The Morgan fingerprint density at radius 2 is 2.00 bits per heavy atom. The summed E-state index contributed by atoms with van der Waals surface area (Å²) in [6.07, 6.45) is -2.13. The fraction of sp³-hybridized carbons (Fsp3) is 0.833. The molecule has 0 atom stereocenters. The van der Waals surface area contributed by atoms with Gasteiger partial charge in [0.25, 0.3) is 0 Å². The van der Waals surface area contributed by atoms with Gasteiger partial charge in [-0.3, -0.25) is 4.90 Å². The number of hydrogen-bond acceptors (Lipinski definition) is 4. The van der Waals surface area contributed by atoms with Gasteiger partial charge in [-0.2, -0.15) is 13.2 Å². The minimum absolute atomic E-state index is 0.298. The van der Waals surface area contributed by atoms with Crippen LogP contribution in [0.5, 0.6) is 0 Å². The van der Waals surface area contributed by atoms with E-state index in [1.54, 1.807) is 0 Å². The Kier molecular flexibility index (Phi) is 4.98. The molecule has 0 amide bonds. The van der Waals surface area contributed by atoms with E-state index >= 15 is 0 Å². The molecule has 2 heterocycles. The highest BCUT2D eigenvalue weighted by atomic mass is 19.4. The smallest absolute Gasteiger partial charge is 0.315 e. The normalized spacial score (nSPS) is 16.4. The first-order valence-corrected chi connectivity index (χ1v) is 6.94.